The molecule has 0 unspecified atom stereocenters. The van der Waals surface area contributed by atoms with Crippen molar-refractivity contribution in [2.24, 2.45) is 0 Å². The summed E-state index contributed by atoms with van der Waals surface area (Å²) in [5.74, 6) is 0.0767. The van der Waals surface area contributed by atoms with Crippen molar-refractivity contribution < 1.29 is 4.79 Å². The van der Waals surface area contributed by atoms with E-state index in [0.717, 1.165) is 17.9 Å². The lowest BCUT2D eigenvalue weighted by Gasteiger charge is -2.23. The quantitative estimate of drug-likeness (QED) is 0.418. The molecule has 0 atom stereocenters. The average molecular weight is 380 g/mol. The summed E-state index contributed by atoms with van der Waals surface area (Å²) in [6.45, 7) is 1.36. The van der Waals surface area contributed by atoms with Crippen LogP contribution >= 0.6 is 0 Å². The summed E-state index contributed by atoms with van der Waals surface area (Å²) < 4.78 is 0. The molecule has 3 nitrogen and oxygen atoms in total. The summed E-state index contributed by atoms with van der Waals surface area (Å²) in [5, 5.41) is 5.93. The molecule has 3 heteroatoms. The van der Waals surface area contributed by atoms with Gasteiger partial charge in [0, 0.05) is 30.9 Å². The highest BCUT2D eigenvalue weighted by Crippen LogP contribution is 2.25. The number of rotatable bonds is 7. The lowest BCUT2D eigenvalue weighted by atomic mass is 10.0. The number of para-hydroxylation sites is 2. The molecule has 0 aliphatic carbocycles. The van der Waals surface area contributed by atoms with Gasteiger partial charge < -0.3 is 5.32 Å². The molecule has 0 aliphatic heterocycles. The third kappa shape index (κ3) is 4.53. The fraction of sp³-hybridized carbons (Fsp3) is 0.115. The first-order valence-electron chi connectivity index (χ1n) is 9.93. The Kier molecular flexibility index (Phi) is 5.98. The van der Waals surface area contributed by atoms with Crippen LogP contribution in [0.25, 0.3) is 10.8 Å². The standard InChI is InChI=1S/C26H24N2O/c29-26(28(23-13-3-1-4-14-23)24-15-5-2-6-16-24)18-19-27-20-22-12-9-11-21-10-7-8-17-25(21)22/h1-17,27H,18-20H2. The van der Waals surface area contributed by atoms with E-state index in [2.05, 4.69) is 47.8 Å². The van der Waals surface area contributed by atoms with E-state index in [4.69, 9.17) is 0 Å². The van der Waals surface area contributed by atoms with Gasteiger partial charge in [0.05, 0.1) is 0 Å². The summed E-state index contributed by atoms with van der Waals surface area (Å²) in [7, 11) is 0. The Balaban J connectivity index is 1.42. The normalized spacial score (nSPS) is 10.8. The van der Waals surface area contributed by atoms with Crippen LogP contribution in [-0.4, -0.2) is 12.5 Å². The fourth-order valence-electron chi connectivity index (χ4n) is 3.57. The first-order valence-corrected chi connectivity index (χ1v) is 9.93. The molecule has 1 N–H and O–H groups in total. The van der Waals surface area contributed by atoms with Crippen molar-refractivity contribution >= 4 is 28.1 Å². The molecular formula is C26H24N2O. The smallest absolute Gasteiger partial charge is 0.232 e. The predicted octanol–water partition coefficient (Wildman–Crippen LogP) is 5.68. The number of fused-ring (bicyclic) bond motifs is 1. The van der Waals surface area contributed by atoms with Gasteiger partial charge in [-0.1, -0.05) is 78.9 Å². The van der Waals surface area contributed by atoms with Gasteiger partial charge in [-0.25, -0.2) is 0 Å². The first kappa shape index (κ1) is 18.9. The Morgan fingerprint density at radius 3 is 1.97 bits per heavy atom. The highest BCUT2D eigenvalue weighted by Gasteiger charge is 2.17. The third-order valence-electron chi connectivity index (χ3n) is 4.99. The van der Waals surface area contributed by atoms with Crippen LogP contribution in [0.15, 0.2) is 103 Å². The number of nitrogens with one attached hydrogen (secondary N) is 1. The van der Waals surface area contributed by atoms with E-state index < -0.39 is 0 Å². The number of carbonyl (C=O) groups is 1. The second-order valence-electron chi connectivity index (χ2n) is 6.97. The van der Waals surface area contributed by atoms with Gasteiger partial charge in [0.15, 0.2) is 0 Å². The van der Waals surface area contributed by atoms with Crippen molar-refractivity contribution in [2.45, 2.75) is 13.0 Å². The highest BCUT2D eigenvalue weighted by molar-refractivity contribution is 6.00. The van der Waals surface area contributed by atoms with E-state index in [1.54, 1.807) is 4.90 Å². The SMILES string of the molecule is O=C(CCNCc1cccc2ccccc12)N(c1ccccc1)c1ccccc1. The Morgan fingerprint density at radius 2 is 1.28 bits per heavy atom. The summed E-state index contributed by atoms with van der Waals surface area (Å²) >= 11 is 0. The number of hydrogen-bond donors (Lipinski definition) is 1. The molecule has 0 fully saturated rings. The van der Waals surface area contributed by atoms with Crippen molar-refractivity contribution in [3.8, 4) is 0 Å². The molecule has 144 valence electrons. The van der Waals surface area contributed by atoms with Gasteiger partial charge in [0.25, 0.3) is 0 Å². The topological polar surface area (TPSA) is 32.3 Å². The molecule has 4 aromatic carbocycles. The maximum Gasteiger partial charge on any atom is 0.232 e. The van der Waals surface area contributed by atoms with Crippen molar-refractivity contribution in [3.63, 3.8) is 0 Å². The number of benzene rings is 4. The number of anilines is 2. The molecule has 4 rings (SSSR count). The van der Waals surface area contributed by atoms with Crippen LogP contribution in [0.4, 0.5) is 11.4 Å². The molecule has 0 radical (unpaired) electrons. The predicted molar refractivity (Wildman–Crippen MR) is 120 cm³/mol. The van der Waals surface area contributed by atoms with Crippen LogP contribution in [0.1, 0.15) is 12.0 Å². The maximum atomic E-state index is 13.1. The van der Waals surface area contributed by atoms with Crippen LogP contribution in [0.2, 0.25) is 0 Å². The third-order valence-corrected chi connectivity index (χ3v) is 4.99. The zero-order valence-corrected chi connectivity index (χ0v) is 16.3. The van der Waals surface area contributed by atoms with Gasteiger partial charge in [0.1, 0.15) is 0 Å². The lowest BCUT2D eigenvalue weighted by molar-refractivity contribution is -0.117. The summed E-state index contributed by atoms with van der Waals surface area (Å²) in [6.07, 6.45) is 0.425. The minimum Gasteiger partial charge on any atom is -0.312 e. The average Bonchev–Trinajstić information content (AvgIpc) is 2.78. The largest absolute Gasteiger partial charge is 0.312 e. The lowest BCUT2D eigenvalue weighted by Crippen LogP contribution is -2.29. The Labute approximate surface area is 171 Å². The molecule has 0 saturated heterocycles. The molecule has 0 heterocycles. The molecule has 1 amide bonds. The molecule has 0 bridgehead atoms. The van der Waals surface area contributed by atoms with Crippen LogP contribution in [0.3, 0.4) is 0 Å². The molecule has 4 aromatic rings. The molecule has 29 heavy (non-hydrogen) atoms. The number of amides is 1. The zero-order chi connectivity index (χ0) is 19.9. The van der Waals surface area contributed by atoms with Crippen LogP contribution in [-0.2, 0) is 11.3 Å². The van der Waals surface area contributed by atoms with Gasteiger partial charge in [0.2, 0.25) is 5.91 Å². The van der Waals surface area contributed by atoms with Crippen molar-refractivity contribution in [2.75, 3.05) is 11.4 Å². The van der Waals surface area contributed by atoms with Gasteiger partial charge in [-0.05, 0) is 40.6 Å². The van der Waals surface area contributed by atoms with Gasteiger partial charge >= 0.3 is 0 Å². The summed E-state index contributed by atoms with van der Waals surface area (Å²) in [4.78, 5) is 14.8. The first-order chi connectivity index (χ1) is 14.3. The second kappa shape index (κ2) is 9.18. The number of carbonyl (C=O) groups excluding carboxylic acids is 1. The molecule has 0 spiro atoms. The fourth-order valence-corrected chi connectivity index (χ4v) is 3.57. The van der Waals surface area contributed by atoms with E-state index in [0.29, 0.717) is 13.0 Å². The zero-order valence-electron chi connectivity index (χ0n) is 16.3. The van der Waals surface area contributed by atoms with E-state index in [-0.39, 0.29) is 5.91 Å². The van der Waals surface area contributed by atoms with Gasteiger partial charge in [-0.2, -0.15) is 0 Å². The van der Waals surface area contributed by atoms with Crippen LogP contribution in [0, 0.1) is 0 Å². The Bertz CT molecular complexity index is 1030. The Morgan fingerprint density at radius 1 is 0.690 bits per heavy atom. The van der Waals surface area contributed by atoms with E-state index in [1.807, 2.05) is 60.7 Å². The van der Waals surface area contributed by atoms with Crippen molar-refractivity contribution in [1.82, 2.24) is 5.32 Å². The number of nitrogens with zero attached hydrogens (tertiary/aromatic N) is 1. The minimum absolute atomic E-state index is 0.0767. The van der Waals surface area contributed by atoms with Crippen molar-refractivity contribution in [3.05, 3.63) is 109 Å². The van der Waals surface area contributed by atoms with E-state index in [1.165, 1.54) is 16.3 Å². The van der Waals surface area contributed by atoms with Crippen molar-refractivity contribution in [1.29, 1.82) is 0 Å². The minimum atomic E-state index is 0.0767. The second-order valence-corrected chi connectivity index (χ2v) is 6.97. The van der Waals surface area contributed by atoms with E-state index in [9.17, 15) is 4.79 Å². The van der Waals surface area contributed by atoms with Gasteiger partial charge in [-0.3, -0.25) is 9.69 Å². The summed E-state index contributed by atoms with van der Waals surface area (Å²) in [6, 6.07) is 34.3. The monoisotopic (exact) mass is 380 g/mol. The molecular weight excluding hydrogens is 356 g/mol. The molecule has 0 aliphatic rings. The van der Waals surface area contributed by atoms with Crippen LogP contribution in [0.5, 0.6) is 0 Å². The molecule has 0 saturated carbocycles. The summed E-state index contributed by atoms with van der Waals surface area (Å²) in [5.41, 5.74) is 3.02. The highest BCUT2D eigenvalue weighted by atomic mass is 16.2. The van der Waals surface area contributed by atoms with E-state index >= 15 is 0 Å². The number of hydrogen-bond acceptors (Lipinski definition) is 2. The van der Waals surface area contributed by atoms with Gasteiger partial charge in [-0.15, -0.1) is 0 Å². The maximum absolute atomic E-state index is 13.1. The van der Waals surface area contributed by atoms with Crippen LogP contribution < -0.4 is 10.2 Å². The molecule has 0 aromatic heterocycles. The Hall–Kier alpha value is -3.43.